The zero-order valence-electron chi connectivity index (χ0n) is 11.8. The summed E-state index contributed by atoms with van der Waals surface area (Å²) in [4.78, 5) is 13.2. The van der Waals surface area contributed by atoms with Crippen LogP contribution in [0, 0.1) is 5.92 Å². The van der Waals surface area contributed by atoms with Crippen LogP contribution in [-0.4, -0.2) is 35.2 Å². The number of carboxylic acid groups (broad SMARTS) is 1. The maximum Gasteiger partial charge on any atom is 0.387 e. The van der Waals surface area contributed by atoms with Crippen LogP contribution in [0.2, 0.25) is 0 Å². The Morgan fingerprint density at radius 2 is 2.19 bits per heavy atom. The van der Waals surface area contributed by atoms with Crippen LogP contribution in [0.15, 0.2) is 24.3 Å². The van der Waals surface area contributed by atoms with Crippen LogP contribution in [0.3, 0.4) is 0 Å². The van der Waals surface area contributed by atoms with Crippen molar-refractivity contribution >= 4 is 5.97 Å². The minimum Gasteiger partial charge on any atom is -0.480 e. The van der Waals surface area contributed by atoms with Crippen LogP contribution >= 0.6 is 0 Å². The summed E-state index contributed by atoms with van der Waals surface area (Å²) in [5.41, 5.74) is 0.582. The number of ether oxygens (including phenoxy) is 1. The molecule has 0 radical (unpaired) electrons. The Balaban J connectivity index is 2.14. The summed E-state index contributed by atoms with van der Waals surface area (Å²) in [6.07, 6.45) is 1.48. The third-order valence-corrected chi connectivity index (χ3v) is 3.82. The molecule has 1 aliphatic heterocycles. The molecule has 116 valence electrons. The molecule has 2 atom stereocenters. The predicted octanol–water partition coefficient (Wildman–Crippen LogP) is 2.97. The van der Waals surface area contributed by atoms with Crippen molar-refractivity contribution in [3.8, 4) is 5.75 Å². The molecule has 2 unspecified atom stereocenters. The number of likely N-dealkylation sites (tertiary alicyclic amines) is 1. The molecule has 0 amide bonds. The molecule has 0 aliphatic carbocycles. The van der Waals surface area contributed by atoms with Gasteiger partial charge in [-0.2, -0.15) is 8.78 Å². The molecule has 1 aromatic rings. The Hall–Kier alpha value is -1.69. The standard InChI is InChI=1S/C15H19F2NO3/c1-10-6-7-18(12(8-10)14(19)20)9-11-4-2-3-5-13(11)21-15(16)17/h2-5,10,12,15H,6-9H2,1H3,(H,19,20). The van der Waals surface area contributed by atoms with Crippen molar-refractivity contribution in [1.29, 1.82) is 0 Å². The van der Waals surface area contributed by atoms with Gasteiger partial charge in [-0.3, -0.25) is 9.69 Å². The second-order valence-corrected chi connectivity index (χ2v) is 5.44. The van der Waals surface area contributed by atoms with E-state index in [1.54, 1.807) is 18.2 Å². The molecule has 0 aromatic heterocycles. The van der Waals surface area contributed by atoms with Gasteiger partial charge in [0.15, 0.2) is 0 Å². The van der Waals surface area contributed by atoms with Crippen LogP contribution in [0.1, 0.15) is 25.3 Å². The first-order valence-electron chi connectivity index (χ1n) is 6.97. The Kier molecular flexibility index (Phi) is 5.12. The van der Waals surface area contributed by atoms with E-state index in [0.29, 0.717) is 31.0 Å². The van der Waals surface area contributed by atoms with Gasteiger partial charge in [0.05, 0.1) is 0 Å². The Bertz CT molecular complexity index is 496. The number of alkyl halides is 2. The molecule has 0 bridgehead atoms. The fraction of sp³-hybridized carbons (Fsp3) is 0.533. The number of hydrogen-bond acceptors (Lipinski definition) is 3. The third-order valence-electron chi connectivity index (χ3n) is 3.82. The number of piperidine rings is 1. The number of carboxylic acids is 1. The van der Waals surface area contributed by atoms with Gasteiger partial charge in [-0.1, -0.05) is 25.1 Å². The summed E-state index contributed by atoms with van der Waals surface area (Å²) >= 11 is 0. The average Bonchev–Trinajstić information content (AvgIpc) is 2.42. The molecule has 0 saturated carbocycles. The van der Waals surface area contributed by atoms with Gasteiger partial charge in [0.1, 0.15) is 11.8 Å². The molecular formula is C15H19F2NO3. The number of rotatable bonds is 5. The topological polar surface area (TPSA) is 49.8 Å². The lowest BCUT2D eigenvalue weighted by molar-refractivity contribution is -0.145. The van der Waals surface area contributed by atoms with Crippen LogP contribution in [0.4, 0.5) is 8.78 Å². The van der Waals surface area contributed by atoms with Gasteiger partial charge in [-0.25, -0.2) is 0 Å². The first-order chi connectivity index (χ1) is 9.97. The highest BCUT2D eigenvalue weighted by Gasteiger charge is 2.32. The van der Waals surface area contributed by atoms with Gasteiger partial charge in [-0.15, -0.1) is 0 Å². The van der Waals surface area contributed by atoms with E-state index in [2.05, 4.69) is 4.74 Å². The van der Waals surface area contributed by atoms with Crippen LogP contribution in [-0.2, 0) is 11.3 Å². The molecule has 6 heteroatoms. The quantitative estimate of drug-likeness (QED) is 0.908. The molecule has 1 fully saturated rings. The fourth-order valence-electron chi connectivity index (χ4n) is 2.70. The van der Waals surface area contributed by atoms with Crippen molar-refractivity contribution in [1.82, 2.24) is 4.90 Å². The average molecular weight is 299 g/mol. The highest BCUT2D eigenvalue weighted by atomic mass is 19.3. The molecular weight excluding hydrogens is 280 g/mol. The summed E-state index contributed by atoms with van der Waals surface area (Å²) in [6, 6.07) is 5.94. The van der Waals surface area contributed by atoms with Gasteiger partial charge in [-0.05, 0) is 31.4 Å². The molecule has 1 N–H and O–H groups in total. The fourth-order valence-corrected chi connectivity index (χ4v) is 2.70. The SMILES string of the molecule is CC1CCN(Cc2ccccc2OC(F)F)C(C(=O)O)C1. The molecule has 1 saturated heterocycles. The zero-order chi connectivity index (χ0) is 15.4. The van der Waals surface area contributed by atoms with Gasteiger partial charge in [0, 0.05) is 12.1 Å². The molecule has 1 aromatic carbocycles. The van der Waals surface area contributed by atoms with Gasteiger partial charge < -0.3 is 9.84 Å². The number of aliphatic carboxylic acids is 1. The summed E-state index contributed by atoms with van der Waals surface area (Å²) in [5.74, 6) is -0.404. The van der Waals surface area contributed by atoms with Crippen molar-refractivity contribution in [2.24, 2.45) is 5.92 Å². The van der Waals surface area contributed by atoms with E-state index < -0.39 is 18.6 Å². The van der Waals surface area contributed by atoms with Gasteiger partial charge in [0.2, 0.25) is 0 Å². The van der Waals surface area contributed by atoms with E-state index in [-0.39, 0.29) is 5.75 Å². The normalized spacial score (nSPS) is 23.2. The Labute approximate surface area is 122 Å². The van der Waals surface area contributed by atoms with Gasteiger partial charge in [0.25, 0.3) is 0 Å². The lowest BCUT2D eigenvalue weighted by Gasteiger charge is -2.36. The largest absolute Gasteiger partial charge is 0.480 e. The van der Waals surface area contributed by atoms with Crippen molar-refractivity contribution in [2.45, 2.75) is 39.0 Å². The van der Waals surface area contributed by atoms with Crippen LogP contribution in [0.25, 0.3) is 0 Å². The van der Waals surface area contributed by atoms with E-state index in [0.717, 1.165) is 6.42 Å². The van der Waals surface area contributed by atoms with Gasteiger partial charge >= 0.3 is 12.6 Å². The van der Waals surface area contributed by atoms with E-state index in [9.17, 15) is 18.7 Å². The number of carbonyl (C=O) groups is 1. The number of hydrogen-bond donors (Lipinski definition) is 1. The monoisotopic (exact) mass is 299 g/mol. The Morgan fingerprint density at radius 1 is 1.48 bits per heavy atom. The first kappa shape index (κ1) is 15.7. The third kappa shape index (κ3) is 4.14. The maximum atomic E-state index is 12.4. The van der Waals surface area contributed by atoms with Crippen molar-refractivity contribution < 1.29 is 23.4 Å². The predicted molar refractivity (Wildman–Crippen MR) is 73.3 cm³/mol. The van der Waals surface area contributed by atoms with E-state index in [4.69, 9.17) is 0 Å². The molecule has 21 heavy (non-hydrogen) atoms. The highest BCUT2D eigenvalue weighted by molar-refractivity contribution is 5.73. The second kappa shape index (κ2) is 6.85. The molecule has 2 rings (SSSR count). The van der Waals surface area contributed by atoms with Crippen LogP contribution in [0.5, 0.6) is 5.75 Å². The second-order valence-electron chi connectivity index (χ2n) is 5.44. The lowest BCUT2D eigenvalue weighted by atomic mass is 9.92. The summed E-state index contributed by atoms with van der Waals surface area (Å²) in [7, 11) is 0. The molecule has 0 spiro atoms. The van der Waals surface area contributed by atoms with Crippen LogP contribution < -0.4 is 4.74 Å². The zero-order valence-corrected chi connectivity index (χ0v) is 11.8. The maximum absolute atomic E-state index is 12.4. The number of halogens is 2. The minimum absolute atomic E-state index is 0.107. The smallest absolute Gasteiger partial charge is 0.387 e. The molecule has 1 aliphatic rings. The van der Waals surface area contributed by atoms with Crippen molar-refractivity contribution in [3.05, 3.63) is 29.8 Å². The number of para-hydroxylation sites is 1. The molecule has 1 heterocycles. The van der Waals surface area contributed by atoms with E-state index >= 15 is 0 Å². The number of nitrogens with zero attached hydrogens (tertiary/aromatic N) is 1. The first-order valence-corrected chi connectivity index (χ1v) is 6.97. The molecule has 4 nitrogen and oxygen atoms in total. The van der Waals surface area contributed by atoms with E-state index in [1.807, 2.05) is 11.8 Å². The van der Waals surface area contributed by atoms with Crippen molar-refractivity contribution in [2.75, 3.05) is 6.54 Å². The summed E-state index contributed by atoms with van der Waals surface area (Å²) in [6.45, 7) is 0.0808. The summed E-state index contributed by atoms with van der Waals surface area (Å²) in [5, 5.41) is 9.33. The highest BCUT2D eigenvalue weighted by Crippen LogP contribution is 2.28. The number of benzene rings is 1. The van der Waals surface area contributed by atoms with E-state index in [1.165, 1.54) is 6.07 Å². The minimum atomic E-state index is -2.89. The Morgan fingerprint density at radius 3 is 2.86 bits per heavy atom. The lowest BCUT2D eigenvalue weighted by Crippen LogP contribution is -2.46. The summed E-state index contributed by atoms with van der Waals surface area (Å²) < 4.78 is 29.3. The van der Waals surface area contributed by atoms with Crippen molar-refractivity contribution in [3.63, 3.8) is 0 Å².